The van der Waals surface area contributed by atoms with Crippen LogP contribution in [0.25, 0.3) is 0 Å². The average Bonchev–Trinajstić information content (AvgIpc) is 2.66. The molecule has 4 N–H and O–H groups in total. The lowest BCUT2D eigenvalue weighted by atomic mass is 10.0. The number of carboxylic acids is 1. The summed E-state index contributed by atoms with van der Waals surface area (Å²) in [6, 6.07) is 4.29. The molecule has 0 heterocycles. The number of carbonyl (C=O) groups is 3. The number of hydrogen-bond acceptors (Lipinski definition) is 5. The van der Waals surface area contributed by atoms with Crippen LogP contribution in [0, 0.1) is 5.82 Å². The highest BCUT2D eigenvalue weighted by atomic mass is 19.1. The first kappa shape index (κ1) is 27.4. The van der Waals surface area contributed by atoms with Crippen LogP contribution in [0.3, 0.4) is 0 Å². The van der Waals surface area contributed by atoms with E-state index < -0.39 is 35.7 Å². The number of ether oxygens (including phenoxy) is 2. The number of benzene rings is 1. The normalized spacial score (nSPS) is 13.3. The molecule has 180 valence electrons. The van der Waals surface area contributed by atoms with Gasteiger partial charge in [-0.15, -0.1) is 0 Å². The molecule has 1 aromatic rings. The summed E-state index contributed by atoms with van der Waals surface area (Å²) >= 11 is 0. The summed E-state index contributed by atoms with van der Waals surface area (Å²) in [5.74, 6) is -1.72. The zero-order chi connectivity index (χ0) is 24.3. The third kappa shape index (κ3) is 11.6. The number of rotatable bonds is 13. The number of halogens is 1. The fourth-order valence-corrected chi connectivity index (χ4v) is 3.00. The summed E-state index contributed by atoms with van der Waals surface area (Å²) < 4.78 is 25.4. The maximum absolute atomic E-state index is 14.4. The van der Waals surface area contributed by atoms with Crippen LogP contribution in [-0.4, -0.2) is 40.8 Å². The number of alkyl carbamates (subject to hydrolysis) is 1. The Balaban J connectivity index is 2.66. The molecule has 1 rings (SSSR count). The largest absolute Gasteiger partial charge is 0.481 e. The second-order valence-corrected chi connectivity index (χ2v) is 8.80. The Morgan fingerprint density at radius 3 is 2.44 bits per heavy atom. The number of nitrogens with one attached hydrogen (secondary N) is 1. The third-order valence-electron chi connectivity index (χ3n) is 4.69. The third-order valence-corrected chi connectivity index (χ3v) is 4.69. The maximum atomic E-state index is 14.4. The molecule has 32 heavy (non-hydrogen) atoms. The molecule has 0 aliphatic heterocycles. The molecular formula is C23H35FN2O6. The zero-order valence-corrected chi connectivity index (χ0v) is 19.3. The zero-order valence-electron chi connectivity index (χ0n) is 19.3. The highest BCUT2D eigenvalue weighted by molar-refractivity contribution is 5.74. The Hall–Kier alpha value is -2.68. The lowest BCUT2D eigenvalue weighted by molar-refractivity contribution is -0.137. The molecule has 0 aromatic heterocycles. The fourth-order valence-electron chi connectivity index (χ4n) is 3.00. The lowest BCUT2D eigenvalue weighted by Gasteiger charge is -2.27. The predicted molar refractivity (Wildman–Crippen MR) is 117 cm³/mol. The molecular weight excluding hydrogens is 419 g/mol. The van der Waals surface area contributed by atoms with E-state index in [4.69, 9.17) is 20.3 Å². The van der Waals surface area contributed by atoms with Crippen molar-refractivity contribution in [3.63, 3.8) is 0 Å². The molecule has 0 spiro atoms. The summed E-state index contributed by atoms with van der Waals surface area (Å²) in [6.45, 7) is 7.09. The van der Waals surface area contributed by atoms with Crippen molar-refractivity contribution in [3.05, 3.63) is 35.1 Å². The molecule has 2 amide bonds. The van der Waals surface area contributed by atoms with Gasteiger partial charge in [-0.1, -0.05) is 12.1 Å². The van der Waals surface area contributed by atoms with Crippen LogP contribution in [0.2, 0.25) is 0 Å². The standard InChI is InChI=1S/C23H35FN2O6/c1-15(19(11-12-20(25)27)26-22(30)32-23(2,3)4)31-14-16-9-10-17(18(24)13-16)7-5-6-8-21(28)29/h9-10,13,15,19H,5-8,11-12,14H2,1-4H3,(H2,25,27)(H,26,30)(H,28,29)/t15-,19+/m1/s1. The number of carbonyl (C=O) groups excluding carboxylic acids is 2. The number of amides is 2. The van der Waals surface area contributed by atoms with Gasteiger partial charge < -0.3 is 25.6 Å². The van der Waals surface area contributed by atoms with Gasteiger partial charge in [-0.2, -0.15) is 0 Å². The summed E-state index contributed by atoms with van der Waals surface area (Å²) in [4.78, 5) is 33.9. The molecule has 2 atom stereocenters. The van der Waals surface area contributed by atoms with E-state index in [0.29, 0.717) is 30.4 Å². The van der Waals surface area contributed by atoms with Gasteiger partial charge in [-0.3, -0.25) is 9.59 Å². The van der Waals surface area contributed by atoms with Gasteiger partial charge in [-0.05, 0) is 70.6 Å². The summed E-state index contributed by atoms with van der Waals surface area (Å²) in [5, 5.41) is 11.4. The van der Waals surface area contributed by atoms with Crippen molar-refractivity contribution >= 4 is 18.0 Å². The summed E-state index contributed by atoms with van der Waals surface area (Å²) in [5.41, 5.74) is 5.71. The number of aliphatic carboxylic acids is 1. The topological polar surface area (TPSA) is 128 Å². The number of hydrogen-bond donors (Lipinski definition) is 3. The van der Waals surface area contributed by atoms with Crippen molar-refractivity contribution < 1.29 is 33.4 Å². The fraction of sp³-hybridized carbons (Fsp3) is 0.609. The van der Waals surface area contributed by atoms with Crippen LogP contribution in [0.4, 0.5) is 9.18 Å². The van der Waals surface area contributed by atoms with Gasteiger partial charge in [0.25, 0.3) is 0 Å². The molecule has 0 aliphatic carbocycles. The summed E-state index contributed by atoms with van der Waals surface area (Å²) in [7, 11) is 0. The molecule has 0 saturated carbocycles. The first-order chi connectivity index (χ1) is 14.9. The lowest BCUT2D eigenvalue weighted by Crippen LogP contribution is -2.45. The number of aryl methyl sites for hydroxylation is 1. The van der Waals surface area contributed by atoms with E-state index in [0.717, 1.165) is 0 Å². The minimum Gasteiger partial charge on any atom is -0.481 e. The first-order valence-electron chi connectivity index (χ1n) is 10.8. The summed E-state index contributed by atoms with van der Waals surface area (Å²) in [6.07, 6.45) is 0.855. The van der Waals surface area contributed by atoms with E-state index in [1.807, 2.05) is 0 Å². The number of nitrogens with two attached hydrogens (primary N) is 1. The first-order valence-corrected chi connectivity index (χ1v) is 10.8. The van der Waals surface area contributed by atoms with Crippen molar-refractivity contribution in [1.29, 1.82) is 0 Å². The van der Waals surface area contributed by atoms with Crippen LogP contribution in [-0.2, 0) is 32.1 Å². The smallest absolute Gasteiger partial charge is 0.407 e. The molecule has 8 nitrogen and oxygen atoms in total. The Labute approximate surface area is 188 Å². The van der Waals surface area contributed by atoms with E-state index in [2.05, 4.69) is 5.32 Å². The molecule has 0 fully saturated rings. The molecule has 0 unspecified atom stereocenters. The molecule has 0 radical (unpaired) electrons. The van der Waals surface area contributed by atoms with Gasteiger partial charge in [0.05, 0.1) is 18.8 Å². The minimum absolute atomic E-state index is 0.0688. The minimum atomic E-state index is -0.859. The van der Waals surface area contributed by atoms with E-state index in [1.54, 1.807) is 39.8 Å². The molecule has 0 aliphatic rings. The Morgan fingerprint density at radius 1 is 1.19 bits per heavy atom. The van der Waals surface area contributed by atoms with Crippen molar-refractivity contribution in [2.75, 3.05) is 0 Å². The van der Waals surface area contributed by atoms with Gasteiger partial charge in [0.1, 0.15) is 11.4 Å². The molecule has 9 heteroatoms. The number of unbranched alkanes of at least 4 members (excludes halogenated alkanes) is 1. The highest BCUT2D eigenvalue weighted by Gasteiger charge is 2.24. The average molecular weight is 455 g/mol. The van der Waals surface area contributed by atoms with Crippen LogP contribution in [0.1, 0.15) is 70.9 Å². The maximum Gasteiger partial charge on any atom is 0.407 e. The van der Waals surface area contributed by atoms with Crippen LogP contribution < -0.4 is 11.1 Å². The molecule has 1 aromatic carbocycles. The van der Waals surface area contributed by atoms with Gasteiger partial charge in [-0.25, -0.2) is 9.18 Å². The van der Waals surface area contributed by atoms with Gasteiger partial charge >= 0.3 is 12.1 Å². The van der Waals surface area contributed by atoms with E-state index in [1.165, 1.54) is 6.07 Å². The Kier molecular flexibility index (Phi) is 11.1. The predicted octanol–water partition coefficient (Wildman–Crippen LogP) is 3.69. The van der Waals surface area contributed by atoms with Gasteiger partial charge in [0, 0.05) is 12.8 Å². The van der Waals surface area contributed by atoms with Gasteiger partial charge in [0.15, 0.2) is 0 Å². The van der Waals surface area contributed by atoms with Crippen molar-refractivity contribution in [1.82, 2.24) is 5.32 Å². The second kappa shape index (κ2) is 13.0. The van der Waals surface area contributed by atoms with Crippen LogP contribution in [0.15, 0.2) is 18.2 Å². The Bertz CT molecular complexity index is 778. The van der Waals surface area contributed by atoms with Crippen molar-refractivity contribution in [3.8, 4) is 0 Å². The van der Waals surface area contributed by atoms with Crippen molar-refractivity contribution in [2.45, 2.75) is 90.6 Å². The van der Waals surface area contributed by atoms with Crippen LogP contribution >= 0.6 is 0 Å². The van der Waals surface area contributed by atoms with E-state index in [9.17, 15) is 18.8 Å². The number of primary amides is 1. The second-order valence-electron chi connectivity index (χ2n) is 8.80. The van der Waals surface area contributed by atoms with E-state index in [-0.39, 0.29) is 31.7 Å². The monoisotopic (exact) mass is 454 g/mol. The molecule has 0 bridgehead atoms. The van der Waals surface area contributed by atoms with E-state index >= 15 is 0 Å². The molecule has 0 saturated heterocycles. The van der Waals surface area contributed by atoms with Crippen LogP contribution in [0.5, 0.6) is 0 Å². The Morgan fingerprint density at radius 2 is 1.88 bits per heavy atom. The number of carboxylic acid groups (broad SMARTS) is 1. The quantitative estimate of drug-likeness (QED) is 0.390. The SMILES string of the molecule is C[C@@H](OCc1ccc(CCCCC(=O)O)c(F)c1)[C@H](CCC(N)=O)NC(=O)OC(C)(C)C. The highest BCUT2D eigenvalue weighted by Crippen LogP contribution is 2.17. The van der Waals surface area contributed by atoms with Crippen molar-refractivity contribution in [2.24, 2.45) is 5.73 Å². The van der Waals surface area contributed by atoms with Gasteiger partial charge in [0.2, 0.25) is 5.91 Å².